The Kier molecular flexibility index (Phi) is 4.48. The van der Waals surface area contributed by atoms with Crippen LogP contribution in [0.15, 0.2) is 24.5 Å². The summed E-state index contributed by atoms with van der Waals surface area (Å²) in [5.41, 5.74) is 1.28. The smallest absolute Gasteiger partial charge is 0.0826 e. The first-order chi connectivity index (χ1) is 8.31. The van der Waals surface area contributed by atoms with Crippen LogP contribution in [0.1, 0.15) is 18.5 Å². The topological polar surface area (TPSA) is 37.4 Å². The Morgan fingerprint density at radius 1 is 1.65 bits per heavy atom. The second-order valence-corrected chi connectivity index (χ2v) is 4.51. The lowest BCUT2D eigenvalue weighted by molar-refractivity contribution is -0.0393. The number of rotatable bonds is 4. The fourth-order valence-electron chi connectivity index (χ4n) is 2.28. The van der Waals surface area contributed by atoms with Gasteiger partial charge in [-0.3, -0.25) is 9.88 Å². The van der Waals surface area contributed by atoms with Crippen LogP contribution >= 0.6 is 0 Å². The van der Waals surface area contributed by atoms with Crippen molar-refractivity contribution in [3.8, 4) is 0 Å². The van der Waals surface area contributed by atoms with Gasteiger partial charge in [-0.2, -0.15) is 0 Å². The number of likely N-dealkylation sites (N-methyl/N-ethyl adjacent to an activating group) is 1. The van der Waals surface area contributed by atoms with Crippen molar-refractivity contribution in [1.29, 1.82) is 0 Å². The van der Waals surface area contributed by atoms with E-state index >= 15 is 0 Å². The van der Waals surface area contributed by atoms with Gasteiger partial charge >= 0.3 is 0 Å². The minimum atomic E-state index is 0.299. The maximum atomic E-state index is 5.71. The molecule has 1 saturated heterocycles. The van der Waals surface area contributed by atoms with Crippen molar-refractivity contribution >= 4 is 0 Å². The second kappa shape index (κ2) is 6.10. The quantitative estimate of drug-likeness (QED) is 0.847. The van der Waals surface area contributed by atoms with Gasteiger partial charge in [0, 0.05) is 38.1 Å². The molecule has 0 amide bonds. The predicted molar refractivity (Wildman–Crippen MR) is 67.9 cm³/mol. The van der Waals surface area contributed by atoms with E-state index in [1.54, 1.807) is 0 Å². The SMILES string of the molecule is CNCC1CN(C(C)c2cccnc2)CCO1. The van der Waals surface area contributed by atoms with Crippen LogP contribution in [0.5, 0.6) is 0 Å². The van der Waals surface area contributed by atoms with Crippen LogP contribution in [0, 0.1) is 0 Å². The molecule has 4 heteroatoms. The summed E-state index contributed by atoms with van der Waals surface area (Å²) in [6.07, 6.45) is 4.07. The molecule has 1 aromatic heterocycles. The molecule has 1 aromatic rings. The number of hydrogen-bond acceptors (Lipinski definition) is 4. The average molecular weight is 235 g/mol. The molecule has 0 bridgehead atoms. The van der Waals surface area contributed by atoms with Crippen molar-refractivity contribution in [2.45, 2.75) is 19.1 Å². The fraction of sp³-hybridized carbons (Fsp3) is 0.615. The number of hydrogen-bond donors (Lipinski definition) is 1. The molecule has 0 saturated carbocycles. The van der Waals surface area contributed by atoms with Crippen LogP contribution in [-0.2, 0) is 4.74 Å². The van der Waals surface area contributed by atoms with Crippen molar-refractivity contribution in [2.24, 2.45) is 0 Å². The molecule has 0 aliphatic carbocycles. The largest absolute Gasteiger partial charge is 0.374 e. The van der Waals surface area contributed by atoms with Gasteiger partial charge in [0.2, 0.25) is 0 Å². The van der Waals surface area contributed by atoms with Crippen molar-refractivity contribution in [3.63, 3.8) is 0 Å². The molecule has 4 nitrogen and oxygen atoms in total. The number of nitrogens with one attached hydrogen (secondary N) is 1. The molecule has 0 aromatic carbocycles. The highest BCUT2D eigenvalue weighted by Crippen LogP contribution is 2.21. The van der Waals surface area contributed by atoms with E-state index in [1.165, 1.54) is 5.56 Å². The zero-order chi connectivity index (χ0) is 12.1. The Balaban J connectivity index is 1.97. The monoisotopic (exact) mass is 235 g/mol. The van der Waals surface area contributed by atoms with Gasteiger partial charge in [-0.25, -0.2) is 0 Å². The first-order valence-electron chi connectivity index (χ1n) is 6.21. The third-order valence-corrected chi connectivity index (χ3v) is 3.32. The lowest BCUT2D eigenvalue weighted by Crippen LogP contribution is -2.46. The van der Waals surface area contributed by atoms with Crippen LogP contribution in [0.2, 0.25) is 0 Å². The molecular weight excluding hydrogens is 214 g/mol. The molecule has 1 N–H and O–H groups in total. The summed E-state index contributed by atoms with van der Waals surface area (Å²) in [5.74, 6) is 0. The lowest BCUT2D eigenvalue weighted by atomic mass is 10.1. The van der Waals surface area contributed by atoms with E-state index in [9.17, 15) is 0 Å². The van der Waals surface area contributed by atoms with E-state index in [1.807, 2.05) is 25.5 Å². The van der Waals surface area contributed by atoms with Gasteiger partial charge in [0.1, 0.15) is 0 Å². The van der Waals surface area contributed by atoms with E-state index in [-0.39, 0.29) is 0 Å². The highest BCUT2D eigenvalue weighted by molar-refractivity contribution is 5.13. The highest BCUT2D eigenvalue weighted by atomic mass is 16.5. The molecule has 94 valence electrons. The summed E-state index contributed by atoms with van der Waals surface area (Å²) >= 11 is 0. The van der Waals surface area contributed by atoms with Crippen molar-refractivity contribution in [3.05, 3.63) is 30.1 Å². The first kappa shape index (κ1) is 12.5. The molecule has 2 atom stereocenters. The number of pyridine rings is 1. The molecule has 1 aliphatic heterocycles. The average Bonchev–Trinajstić information content (AvgIpc) is 2.40. The summed E-state index contributed by atoms with van der Waals surface area (Å²) in [5, 5.41) is 3.17. The van der Waals surface area contributed by atoms with Gasteiger partial charge in [0.15, 0.2) is 0 Å². The van der Waals surface area contributed by atoms with E-state index in [0.29, 0.717) is 12.1 Å². The molecule has 2 rings (SSSR count). The Hall–Kier alpha value is -0.970. The molecule has 0 radical (unpaired) electrons. The number of morpholine rings is 1. The lowest BCUT2D eigenvalue weighted by Gasteiger charge is -2.36. The van der Waals surface area contributed by atoms with Gasteiger partial charge in [-0.05, 0) is 25.6 Å². The Bertz CT molecular complexity index is 329. The molecule has 1 aliphatic rings. The Morgan fingerprint density at radius 2 is 2.53 bits per heavy atom. The molecule has 17 heavy (non-hydrogen) atoms. The number of nitrogens with zero attached hydrogens (tertiary/aromatic N) is 2. The Labute approximate surface area is 103 Å². The van der Waals surface area contributed by atoms with E-state index in [4.69, 9.17) is 4.74 Å². The third kappa shape index (κ3) is 3.25. The van der Waals surface area contributed by atoms with Crippen molar-refractivity contribution in [1.82, 2.24) is 15.2 Å². The maximum Gasteiger partial charge on any atom is 0.0826 e. The molecule has 0 spiro atoms. The standard InChI is InChI=1S/C13H21N3O/c1-11(12-4-3-5-15-8-12)16-6-7-17-13(10-16)9-14-2/h3-5,8,11,13-14H,6-7,9-10H2,1-2H3. The van der Waals surface area contributed by atoms with Crippen LogP contribution in [0.3, 0.4) is 0 Å². The van der Waals surface area contributed by atoms with E-state index < -0.39 is 0 Å². The summed E-state index contributed by atoms with van der Waals surface area (Å²) in [6, 6.07) is 4.55. The van der Waals surface area contributed by atoms with E-state index in [0.717, 1.165) is 26.2 Å². The summed E-state index contributed by atoms with van der Waals surface area (Å²) < 4.78 is 5.71. The summed E-state index contributed by atoms with van der Waals surface area (Å²) in [6.45, 7) is 5.94. The maximum absolute atomic E-state index is 5.71. The fourth-order valence-corrected chi connectivity index (χ4v) is 2.28. The highest BCUT2D eigenvalue weighted by Gasteiger charge is 2.24. The zero-order valence-electron chi connectivity index (χ0n) is 10.6. The zero-order valence-corrected chi connectivity index (χ0v) is 10.6. The molecule has 2 heterocycles. The number of ether oxygens (including phenoxy) is 1. The molecule has 2 unspecified atom stereocenters. The third-order valence-electron chi connectivity index (χ3n) is 3.32. The van der Waals surface area contributed by atoms with Gasteiger partial charge < -0.3 is 10.1 Å². The minimum absolute atomic E-state index is 0.299. The van der Waals surface area contributed by atoms with Gasteiger partial charge in [0.05, 0.1) is 12.7 Å². The second-order valence-electron chi connectivity index (χ2n) is 4.51. The first-order valence-corrected chi connectivity index (χ1v) is 6.21. The molecule has 1 fully saturated rings. The van der Waals surface area contributed by atoms with Gasteiger partial charge in [-0.15, -0.1) is 0 Å². The van der Waals surface area contributed by atoms with Crippen molar-refractivity contribution < 1.29 is 4.74 Å². The van der Waals surface area contributed by atoms with Crippen LogP contribution in [0.4, 0.5) is 0 Å². The van der Waals surface area contributed by atoms with Gasteiger partial charge in [0.25, 0.3) is 0 Å². The van der Waals surface area contributed by atoms with Crippen LogP contribution < -0.4 is 5.32 Å². The minimum Gasteiger partial charge on any atom is -0.374 e. The van der Waals surface area contributed by atoms with Crippen molar-refractivity contribution in [2.75, 3.05) is 33.3 Å². The van der Waals surface area contributed by atoms with E-state index in [2.05, 4.69) is 28.2 Å². The van der Waals surface area contributed by atoms with Gasteiger partial charge in [-0.1, -0.05) is 6.07 Å². The van der Waals surface area contributed by atoms with Crippen LogP contribution in [-0.4, -0.2) is 49.3 Å². The predicted octanol–water partition coefficient (Wildman–Crippen LogP) is 1.06. The summed E-state index contributed by atoms with van der Waals surface area (Å²) in [4.78, 5) is 6.65. The molecular formula is C13H21N3O. The summed E-state index contributed by atoms with van der Waals surface area (Å²) in [7, 11) is 1.97. The van der Waals surface area contributed by atoms with Crippen LogP contribution in [0.25, 0.3) is 0 Å². The normalized spacial score (nSPS) is 23.5. The Morgan fingerprint density at radius 3 is 3.24 bits per heavy atom. The number of aromatic nitrogens is 1.